The maximum Gasteiger partial charge on any atom is 0.229 e. The van der Waals surface area contributed by atoms with Crippen molar-refractivity contribution in [3.63, 3.8) is 0 Å². The molecule has 1 aromatic heterocycles. The number of para-hydroxylation sites is 1. The molecule has 0 bridgehead atoms. The minimum absolute atomic E-state index is 0.368. The summed E-state index contributed by atoms with van der Waals surface area (Å²) in [5, 5.41) is 7.57. The third kappa shape index (κ3) is 5.17. The lowest BCUT2D eigenvalue weighted by molar-refractivity contribution is 0.00133. The van der Waals surface area contributed by atoms with E-state index < -0.39 is 7.14 Å². The first-order valence-electron chi connectivity index (χ1n) is 12.2. The molecule has 2 aliphatic heterocycles. The van der Waals surface area contributed by atoms with Crippen LogP contribution >= 0.6 is 18.7 Å². The van der Waals surface area contributed by atoms with E-state index in [1.165, 1.54) is 25.9 Å². The lowest BCUT2D eigenvalue weighted by atomic mass is 9.72. The van der Waals surface area contributed by atoms with Gasteiger partial charge in [-0.3, -0.25) is 0 Å². The first-order chi connectivity index (χ1) is 17.1. The molecule has 4 N–H and O–H groups in total. The second-order valence-electron chi connectivity index (χ2n) is 10.4. The smallest absolute Gasteiger partial charge is 0.229 e. The number of aromatic nitrogens is 2. The summed E-state index contributed by atoms with van der Waals surface area (Å²) in [4.78, 5) is 13.7. The number of benzene rings is 2. The lowest BCUT2D eigenvalue weighted by Crippen LogP contribution is -2.58. The van der Waals surface area contributed by atoms with Crippen molar-refractivity contribution in [1.82, 2.24) is 14.9 Å². The van der Waals surface area contributed by atoms with Crippen molar-refractivity contribution in [2.24, 2.45) is 5.41 Å². The Kier molecular flexibility index (Phi) is 6.62. The molecule has 190 valence electrons. The highest BCUT2D eigenvalue weighted by Gasteiger charge is 2.43. The van der Waals surface area contributed by atoms with Gasteiger partial charge in [-0.05, 0) is 69.0 Å². The second-order valence-corrected chi connectivity index (χ2v) is 14.0. The molecular formula is C26H33ClN7OP. The number of nitrogens with zero attached hydrogens (tertiary/aromatic N) is 4. The van der Waals surface area contributed by atoms with Crippen molar-refractivity contribution in [1.29, 1.82) is 0 Å². The van der Waals surface area contributed by atoms with Gasteiger partial charge in [0.2, 0.25) is 5.95 Å². The molecule has 1 spiro atoms. The number of anilines is 6. The van der Waals surface area contributed by atoms with E-state index >= 15 is 0 Å². The molecule has 5 rings (SSSR count). The van der Waals surface area contributed by atoms with Crippen LogP contribution in [0.4, 0.5) is 34.5 Å². The topological polar surface area (TPSA) is 99.4 Å². The summed E-state index contributed by atoms with van der Waals surface area (Å²) in [5.41, 5.74) is 10.3. The number of likely N-dealkylation sites (tertiary alicyclic amines) is 1. The Morgan fingerprint density at radius 1 is 1.08 bits per heavy atom. The van der Waals surface area contributed by atoms with Gasteiger partial charge in [-0.1, -0.05) is 23.7 Å². The molecule has 0 unspecified atom stereocenters. The maximum absolute atomic E-state index is 12.7. The molecule has 2 aromatic carbocycles. The van der Waals surface area contributed by atoms with E-state index in [0.29, 0.717) is 27.9 Å². The third-order valence-electron chi connectivity index (χ3n) is 7.14. The van der Waals surface area contributed by atoms with E-state index in [2.05, 4.69) is 43.5 Å². The van der Waals surface area contributed by atoms with Crippen molar-refractivity contribution in [2.45, 2.75) is 12.8 Å². The summed E-state index contributed by atoms with van der Waals surface area (Å²) in [5.74, 6) is 0.820. The number of nitrogens with one attached hydrogen (secondary N) is 2. The fraction of sp³-hybridized carbons (Fsp3) is 0.385. The fourth-order valence-electron chi connectivity index (χ4n) is 5.38. The van der Waals surface area contributed by atoms with Crippen molar-refractivity contribution in [3.05, 3.63) is 53.7 Å². The molecule has 10 heteroatoms. The highest BCUT2D eigenvalue weighted by molar-refractivity contribution is 7.70. The molecule has 2 saturated heterocycles. The standard InChI is InChI=1S/C26H33ClN7OP/c1-33-16-26(17-33)10-12-34(13-11-26)22-9-8-18(14-20(22)28)30-25-29-15-19(27)24(32-25)31-21-6-4-5-7-23(21)36(2,3)35/h4-9,14-15H,10-13,16-17,28H2,1-3H3,(H2,29,30,31,32). The Morgan fingerprint density at radius 3 is 2.47 bits per heavy atom. The number of nitrogens with two attached hydrogens (primary N) is 1. The predicted octanol–water partition coefficient (Wildman–Crippen LogP) is 4.98. The van der Waals surface area contributed by atoms with E-state index in [1.807, 2.05) is 36.4 Å². The van der Waals surface area contributed by atoms with Crippen molar-refractivity contribution < 1.29 is 4.57 Å². The van der Waals surface area contributed by atoms with Gasteiger partial charge in [-0.15, -0.1) is 0 Å². The fourth-order valence-corrected chi connectivity index (χ4v) is 6.67. The van der Waals surface area contributed by atoms with Crippen LogP contribution in [0.2, 0.25) is 5.02 Å². The number of piperidine rings is 1. The average molecular weight is 526 g/mol. The van der Waals surface area contributed by atoms with Gasteiger partial charge in [-0.2, -0.15) is 4.98 Å². The highest BCUT2D eigenvalue weighted by atomic mass is 35.5. The zero-order chi connectivity index (χ0) is 25.5. The summed E-state index contributed by atoms with van der Waals surface area (Å²) in [6.07, 6.45) is 3.96. The van der Waals surface area contributed by atoms with Gasteiger partial charge in [0.15, 0.2) is 5.82 Å². The first-order valence-corrected chi connectivity index (χ1v) is 15.1. The van der Waals surface area contributed by atoms with Gasteiger partial charge >= 0.3 is 0 Å². The SMILES string of the molecule is CN1CC2(CCN(c3ccc(Nc4ncc(Cl)c(Nc5ccccc5P(C)(C)=O)n4)cc3N)CC2)C1. The highest BCUT2D eigenvalue weighted by Crippen LogP contribution is 2.42. The normalized spacial score (nSPS) is 17.6. The molecule has 0 radical (unpaired) electrons. The Labute approximate surface area is 217 Å². The van der Waals surface area contributed by atoms with Crippen LogP contribution in [-0.4, -0.2) is 61.4 Å². The molecule has 2 aliphatic rings. The number of hydrogen-bond donors (Lipinski definition) is 3. The first kappa shape index (κ1) is 24.9. The Hall–Kier alpha value is -2.80. The van der Waals surface area contributed by atoms with Crippen LogP contribution in [0.1, 0.15) is 12.8 Å². The Morgan fingerprint density at radius 2 is 1.81 bits per heavy atom. The van der Waals surface area contributed by atoms with Crippen LogP contribution in [-0.2, 0) is 4.57 Å². The largest absolute Gasteiger partial charge is 0.397 e. The quantitative estimate of drug-likeness (QED) is 0.306. The molecule has 36 heavy (non-hydrogen) atoms. The van der Waals surface area contributed by atoms with Gasteiger partial charge in [0.25, 0.3) is 0 Å². The molecule has 0 saturated carbocycles. The van der Waals surface area contributed by atoms with Crippen LogP contribution in [0, 0.1) is 5.41 Å². The van der Waals surface area contributed by atoms with E-state index in [4.69, 9.17) is 17.3 Å². The summed E-state index contributed by atoms with van der Waals surface area (Å²) in [6.45, 7) is 7.96. The number of hydrogen-bond acceptors (Lipinski definition) is 8. The molecular weight excluding hydrogens is 493 g/mol. The van der Waals surface area contributed by atoms with E-state index in [9.17, 15) is 4.57 Å². The van der Waals surface area contributed by atoms with Crippen molar-refractivity contribution in [2.75, 3.05) is 67.8 Å². The molecule has 0 atom stereocenters. The molecule has 0 amide bonds. The molecule has 3 heterocycles. The van der Waals surface area contributed by atoms with Gasteiger partial charge in [0.05, 0.1) is 23.3 Å². The minimum Gasteiger partial charge on any atom is -0.397 e. The molecule has 0 aliphatic carbocycles. The summed E-state index contributed by atoms with van der Waals surface area (Å²) in [6, 6.07) is 13.5. The van der Waals surface area contributed by atoms with E-state index in [1.54, 1.807) is 19.5 Å². The van der Waals surface area contributed by atoms with Crippen LogP contribution in [0.5, 0.6) is 0 Å². The van der Waals surface area contributed by atoms with Gasteiger partial charge < -0.3 is 30.7 Å². The van der Waals surface area contributed by atoms with E-state index in [0.717, 1.165) is 35.5 Å². The summed E-state index contributed by atoms with van der Waals surface area (Å²) >= 11 is 6.38. The second kappa shape index (κ2) is 9.58. The maximum atomic E-state index is 12.7. The number of halogens is 1. The van der Waals surface area contributed by atoms with Crippen LogP contribution in [0.15, 0.2) is 48.7 Å². The molecule has 2 fully saturated rings. The Bertz CT molecular complexity index is 1310. The van der Waals surface area contributed by atoms with Gasteiger partial charge in [0, 0.05) is 37.2 Å². The summed E-state index contributed by atoms with van der Waals surface area (Å²) < 4.78 is 12.7. The van der Waals surface area contributed by atoms with Crippen molar-refractivity contribution >= 4 is 58.6 Å². The van der Waals surface area contributed by atoms with Crippen LogP contribution < -0.4 is 26.6 Å². The minimum atomic E-state index is -2.49. The molecule has 3 aromatic rings. The van der Waals surface area contributed by atoms with Crippen molar-refractivity contribution in [3.8, 4) is 0 Å². The summed E-state index contributed by atoms with van der Waals surface area (Å²) in [7, 11) is -0.297. The van der Waals surface area contributed by atoms with E-state index in [-0.39, 0.29) is 0 Å². The zero-order valence-electron chi connectivity index (χ0n) is 21.0. The zero-order valence-corrected chi connectivity index (χ0v) is 22.6. The average Bonchev–Trinajstić information content (AvgIpc) is 2.81. The van der Waals surface area contributed by atoms with Gasteiger partial charge in [-0.25, -0.2) is 4.98 Å². The van der Waals surface area contributed by atoms with Gasteiger partial charge in [0.1, 0.15) is 12.2 Å². The Balaban J connectivity index is 1.29. The van der Waals surface area contributed by atoms with Crippen LogP contribution in [0.3, 0.4) is 0 Å². The van der Waals surface area contributed by atoms with Crippen LogP contribution in [0.25, 0.3) is 0 Å². The number of nitrogen functional groups attached to an aromatic ring is 1. The third-order valence-corrected chi connectivity index (χ3v) is 8.97. The molecule has 8 nitrogen and oxygen atoms in total. The monoisotopic (exact) mass is 525 g/mol. The predicted molar refractivity (Wildman–Crippen MR) is 151 cm³/mol. The number of rotatable bonds is 6. The lowest BCUT2D eigenvalue weighted by Gasteiger charge is -2.53.